The van der Waals surface area contributed by atoms with Crippen molar-refractivity contribution >= 4 is 11.9 Å². The molecule has 1 fully saturated rings. The lowest BCUT2D eigenvalue weighted by atomic mass is 9.86. The molecule has 2 heterocycles. The average molecular weight is 354 g/mol. The molecule has 0 unspecified atom stereocenters. The van der Waals surface area contributed by atoms with Gasteiger partial charge in [-0.05, 0) is 31.0 Å². The number of nitrogens with zero attached hydrogens (tertiary/aromatic N) is 2. The van der Waals surface area contributed by atoms with Gasteiger partial charge in [-0.2, -0.15) is 0 Å². The summed E-state index contributed by atoms with van der Waals surface area (Å²) < 4.78 is 1.51. The summed E-state index contributed by atoms with van der Waals surface area (Å²) in [5.41, 5.74) is 2.04. The van der Waals surface area contributed by atoms with Gasteiger partial charge in [0.2, 0.25) is 0 Å². The summed E-state index contributed by atoms with van der Waals surface area (Å²) in [4.78, 5) is 38.1. The Hall–Kier alpha value is -2.89. The van der Waals surface area contributed by atoms with Crippen molar-refractivity contribution in [2.75, 3.05) is 13.1 Å². The van der Waals surface area contributed by atoms with Crippen molar-refractivity contribution in [1.29, 1.82) is 0 Å². The molecule has 0 radical (unpaired) electrons. The molecule has 1 aliphatic rings. The van der Waals surface area contributed by atoms with E-state index < -0.39 is 11.9 Å². The van der Waals surface area contributed by atoms with Crippen LogP contribution in [0, 0.1) is 12.8 Å². The van der Waals surface area contributed by atoms with Gasteiger partial charge in [-0.15, -0.1) is 0 Å². The van der Waals surface area contributed by atoms with Gasteiger partial charge < -0.3 is 14.6 Å². The minimum absolute atomic E-state index is 0.143. The number of rotatable bonds is 4. The molecule has 2 atom stereocenters. The number of carboxylic acid groups (broad SMARTS) is 1. The number of carbonyl (C=O) groups is 2. The van der Waals surface area contributed by atoms with Gasteiger partial charge in [0.1, 0.15) is 0 Å². The topological polar surface area (TPSA) is 79.6 Å². The number of amides is 1. The molecule has 2 aromatic rings. The Labute approximate surface area is 151 Å². The van der Waals surface area contributed by atoms with Crippen LogP contribution in [0.1, 0.15) is 34.3 Å². The van der Waals surface area contributed by atoms with Gasteiger partial charge in [0.05, 0.1) is 5.92 Å². The van der Waals surface area contributed by atoms with Crippen LogP contribution >= 0.6 is 0 Å². The number of aromatic nitrogens is 1. The third kappa shape index (κ3) is 3.27. The smallest absolute Gasteiger partial charge is 0.308 e. The monoisotopic (exact) mass is 354 g/mol. The number of hydrogen-bond donors (Lipinski definition) is 1. The molecule has 26 heavy (non-hydrogen) atoms. The molecule has 1 aromatic carbocycles. The Balaban J connectivity index is 1.89. The van der Waals surface area contributed by atoms with Gasteiger partial charge in [-0.1, -0.05) is 24.3 Å². The second-order valence-electron chi connectivity index (χ2n) is 6.66. The molecule has 136 valence electrons. The van der Waals surface area contributed by atoms with E-state index in [-0.39, 0.29) is 23.9 Å². The molecule has 3 rings (SSSR count). The maximum atomic E-state index is 12.8. The van der Waals surface area contributed by atoms with Gasteiger partial charge in [0.25, 0.3) is 11.5 Å². The molecular formula is C20H22N2O4. The van der Waals surface area contributed by atoms with Crippen LogP contribution in [-0.2, 0) is 11.3 Å². The van der Waals surface area contributed by atoms with Gasteiger partial charge >= 0.3 is 5.97 Å². The zero-order chi connectivity index (χ0) is 18.8. The first-order valence-corrected chi connectivity index (χ1v) is 8.70. The van der Waals surface area contributed by atoms with E-state index in [4.69, 9.17) is 0 Å². The van der Waals surface area contributed by atoms with E-state index in [1.165, 1.54) is 10.6 Å². The van der Waals surface area contributed by atoms with Crippen LogP contribution in [0.2, 0.25) is 0 Å². The molecule has 6 nitrogen and oxygen atoms in total. The SMILES string of the molecule is CCn1ccc(C(=O)N2C[C@@H](C(=O)O)[C@H](c3ccccc3C)C2)cc1=O. The number of carbonyl (C=O) groups excluding carboxylic acids is 1. The highest BCUT2D eigenvalue weighted by Crippen LogP contribution is 2.35. The second kappa shape index (κ2) is 7.15. The molecule has 0 bridgehead atoms. The number of hydrogen-bond acceptors (Lipinski definition) is 3. The summed E-state index contributed by atoms with van der Waals surface area (Å²) in [6.07, 6.45) is 1.60. The molecule has 1 saturated heterocycles. The lowest BCUT2D eigenvalue weighted by Gasteiger charge is -2.18. The molecule has 0 spiro atoms. The number of likely N-dealkylation sites (tertiary alicyclic amines) is 1. The number of benzene rings is 1. The highest BCUT2D eigenvalue weighted by molar-refractivity contribution is 5.94. The van der Waals surface area contributed by atoms with Crippen LogP contribution in [0.25, 0.3) is 0 Å². The van der Waals surface area contributed by atoms with Crippen LogP contribution in [0.15, 0.2) is 47.4 Å². The van der Waals surface area contributed by atoms with Crippen molar-refractivity contribution in [3.8, 4) is 0 Å². The maximum Gasteiger partial charge on any atom is 0.308 e. The average Bonchev–Trinajstić information content (AvgIpc) is 3.06. The van der Waals surface area contributed by atoms with Crippen LogP contribution in [0.3, 0.4) is 0 Å². The summed E-state index contributed by atoms with van der Waals surface area (Å²) in [6.45, 7) is 4.81. The predicted octanol–water partition coefficient (Wildman–Crippen LogP) is 2.12. The van der Waals surface area contributed by atoms with E-state index in [0.717, 1.165) is 11.1 Å². The van der Waals surface area contributed by atoms with Crippen molar-refractivity contribution in [3.05, 3.63) is 69.6 Å². The maximum absolute atomic E-state index is 12.8. The standard InChI is InChI=1S/C20H22N2O4/c1-3-21-9-8-14(10-18(21)23)19(24)22-11-16(17(12-22)20(25)26)15-7-5-4-6-13(15)2/h4-10,16-17H,3,11-12H2,1-2H3,(H,25,26)/t16-,17+/m0/s1. The minimum atomic E-state index is -0.907. The third-order valence-corrected chi connectivity index (χ3v) is 5.10. The molecule has 0 saturated carbocycles. The molecule has 6 heteroatoms. The fourth-order valence-electron chi connectivity index (χ4n) is 3.62. The second-order valence-corrected chi connectivity index (χ2v) is 6.66. The van der Waals surface area contributed by atoms with Crippen LogP contribution < -0.4 is 5.56 Å². The summed E-state index contributed by atoms with van der Waals surface area (Å²) in [7, 11) is 0. The fraction of sp³-hybridized carbons (Fsp3) is 0.350. The summed E-state index contributed by atoms with van der Waals surface area (Å²) in [6, 6.07) is 10.6. The Morgan fingerprint density at radius 3 is 2.54 bits per heavy atom. The molecule has 1 N–H and O–H groups in total. The number of carboxylic acids is 1. The van der Waals surface area contributed by atoms with E-state index in [9.17, 15) is 19.5 Å². The van der Waals surface area contributed by atoms with Crippen molar-refractivity contribution in [3.63, 3.8) is 0 Å². The Bertz CT molecular complexity index is 903. The van der Waals surface area contributed by atoms with Crippen LogP contribution in [-0.4, -0.2) is 39.5 Å². The predicted molar refractivity (Wildman–Crippen MR) is 97.3 cm³/mol. The molecule has 1 aromatic heterocycles. The van der Waals surface area contributed by atoms with E-state index in [1.54, 1.807) is 17.2 Å². The highest BCUT2D eigenvalue weighted by atomic mass is 16.4. The lowest BCUT2D eigenvalue weighted by Crippen LogP contribution is -2.31. The van der Waals surface area contributed by atoms with Gasteiger partial charge in [-0.25, -0.2) is 0 Å². The summed E-state index contributed by atoms with van der Waals surface area (Å²) in [5.74, 6) is -2.12. The molecular weight excluding hydrogens is 332 g/mol. The molecule has 1 aliphatic heterocycles. The Morgan fingerprint density at radius 1 is 1.19 bits per heavy atom. The lowest BCUT2D eigenvalue weighted by molar-refractivity contribution is -0.141. The first-order valence-electron chi connectivity index (χ1n) is 8.70. The van der Waals surface area contributed by atoms with Crippen LogP contribution in [0.4, 0.5) is 0 Å². The summed E-state index contributed by atoms with van der Waals surface area (Å²) in [5, 5.41) is 9.63. The van der Waals surface area contributed by atoms with Gasteiger partial charge in [0, 0.05) is 43.4 Å². The van der Waals surface area contributed by atoms with Gasteiger partial charge in [-0.3, -0.25) is 14.4 Å². The fourth-order valence-corrected chi connectivity index (χ4v) is 3.62. The van der Waals surface area contributed by atoms with E-state index >= 15 is 0 Å². The van der Waals surface area contributed by atoms with E-state index in [0.29, 0.717) is 18.7 Å². The summed E-state index contributed by atoms with van der Waals surface area (Å²) >= 11 is 0. The highest BCUT2D eigenvalue weighted by Gasteiger charge is 2.41. The van der Waals surface area contributed by atoms with Crippen molar-refractivity contribution < 1.29 is 14.7 Å². The number of pyridine rings is 1. The van der Waals surface area contributed by atoms with E-state index in [1.807, 2.05) is 38.1 Å². The first kappa shape index (κ1) is 17.9. The van der Waals surface area contributed by atoms with Crippen molar-refractivity contribution in [2.24, 2.45) is 5.92 Å². The normalized spacial score (nSPS) is 19.5. The van der Waals surface area contributed by atoms with Crippen molar-refractivity contribution in [1.82, 2.24) is 9.47 Å². The first-order chi connectivity index (χ1) is 12.4. The minimum Gasteiger partial charge on any atom is -0.481 e. The van der Waals surface area contributed by atoms with Crippen LogP contribution in [0.5, 0.6) is 0 Å². The quantitative estimate of drug-likeness (QED) is 0.912. The largest absolute Gasteiger partial charge is 0.481 e. The Kier molecular flexibility index (Phi) is 4.93. The Morgan fingerprint density at radius 2 is 1.92 bits per heavy atom. The molecule has 0 aliphatic carbocycles. The zero-order valence-electron chi connectivity index (χ0n) is 14.9. The van der Waals surface area contributed by atoms with E-state index in [2.05, 4.69) is 0 Å². The van der Waals surface area contributed by atoms with Crippen molar-refractivity contribution in [2.45, 2.75) is 26.3 Å². The number of aliphatic carboxylic acids is 1. The zero-order valence-corrected chi connectivity index (χ0v) is 14.9. The third-order valence-electron chi connectivity index (χ3n) is 5.10. The molecule has 1 amide bonds. The number of aryl methyl sites for hydroxylation is 2. The van der Waals surface area contributed by atoms with Gasteiger partial charge in [0.15, 0.2) is 0 Å².